The number of nitrogens with zero attached hydrogens (tertiary/aromatic N) is 4. The molecule has 0 bridgehead atoms. The summed E-state index contributed by atoms with van der Waals surface area (Å²) in [6.07, 6.45) is 3.06. The van der Waals surface area contributed by atoms with Gasteiger partial charge < -0.3 is 5.32 Å². The van der Waals surface area contributed by atoms with E-state index in [1.54, 1.807) is 41.3 Å². The number of hydrogen-bond acceptors (Lipinski definition) is 4. The van der Waals surface area contributed by atoms with Gasteiger partial charge >= 0.3 is 0 Å². The molecule has 2 aromatic carbocycles. The highest BCUT2D eigenvalue weighted by Crippen LogP contribution is 2.06. The Bertz CT molecular complexity index is 989. The molecule has 126 valence electrons. The normalized spacial score (nSPS) is 9.65. The van der Waals surface area contributed by atoms with Gasteiger partial charge in [0.15, 0.2) is 0 Å². The average Bonchev–Trinajstić information content (AvgIpc) is 3.20. The zero-order valence-corrected chi connectivity index (χ0v) is 13.9. The molecule has 3 rings (SSSR count). The van der Waals surface area contributed by atoms with Gasteiger partial charge in [-0.3, -0.25) is 4.79 Å². The number of carbonyl (C=O) groups is 1. The molecule has 0 aliphatic rings. The SMILES string of the molecule is N#Cc1ccc(CNC(=O)c2cccc(C#CCn3cncn3)c2)cc1. The number of aromatic nitrogens is 3. The van der Waals surface area contributed by atoms with Crippen LogP contribution in [0.3, 0.4) is 0 Å². The van der Waals surface area contributed by atoms with Crippen LogP contribution in [0.5, 0.6) is 0 Å². The topological polar surface area (TPSA) is 83.6 Å². The summed E-state index contributed by atoms with van der Waals surface area (Å²) in [5.74, 6) is 5.83. The van der Waals surface area contributed by atoms with Crippen molar-refractivity contribution in [1.29, 1.82) is 5.26 Å². The van der Waals surface area contributed by atoms with E-state index in [-0.39, 0.29) is 5.91 Å². The molecule has 1 heterocycles. The molecular weight excluding hydrogens is 326 g/mol. The molecule has 0 saturated heterocycles. The van der Waals surface area contributed by atoms with E-state index >= 15 is 0 Å². The summed E-state index contributed by atoms with van der Waals surface area (Å²) in [4.78, 5) is 16.2. The van der Waals surface area contributed by atoms with Crippen molar-refractivity contribution in [2.24, 2.45) is 0 Å². The van der Waals surface area contributed by atoms with Gasteiger partial charge in [-0.25, -0.2) is 9.67 Å². The van der Waals surface area contributed by atoms with Gasteiger partial charge in [-0.15, -0.1) is 0 Å². The summed E-state index contributed by atoms with van der Waals surface area (Å²) in [6.45, 7) is 0.835. The van der Waals surface area contributed by atoms with E-state index in [4.69, 9.17) is 5.26 Å². The molecule has 26 heavy (non-hydrogen) atoms. The lowest BCUT2D eigenvalue weighted by Crippen LogP contribution is -2.22. The molecule has 0 aliphatic heterocycles. The van der Waals surface area contributed by atoms with Crippen molar-refractivity contribution in [3.8, 4) is 17.9 Å². The summed E-state index contributed by atoms with van der Waals surface area (Å²) >= 11 is 0. The first-order chi connectivity index (χ1) is 12.7. The molecule has 3 aromatic rings. The second-order valence-electron chi connectivity index (χ2n) is 5.47. The van der Waals surface area contributed by atoms with Crippen molar-refractivity contribution in [1.82, 2.24) is 20.1 Å². The third kappa shape index (κ3) is 4.56. The molecule has 0 atom stereocenters. The molecule has 6 nitrogen and oxygen atoms in total. The molecule has 0 unspecified atom stereocenters. The Balaban J connectivity index is 1.60. The lowest BCUT2D eigenvalue weighted by Gasteiger charge is -2.06. The fourth-order valence-corrected chi connectivity index (χ4v) is 2.26. The number of hydrogen-bond donors (Lipinski definition) is 1. The second-order valence-corrected chi connectivity index (χ2v) is 5.47. The molecule has 1 N–H and O–H groups in total. The number of benzene rings is 2. The third-order valence-corrected chi connectivity index (χ3v) is 3.60. The van der Waals surface area contributed by atoms with Gasteiger partial charge in [0, 0.05) is 17.7 Å². The Hall–Kier alpha value is -3.90. The van der Waals surface area contributed by atoms with Crippen LogP contribution in [0, 0.1) is 23.2 Å². The summed E-state index contributed by atoms with van der Waals surface area (Å²) in [7, 11) is 0. The van der Waals surface area contributed by atoms with E-state index in [0.717, 1.165) is 11.1 Å². The van der Waals surface area contributed by atoms with Crippen molar-refractivity contribution >= 4 is 5.91 Å². The monoisotopic (exact) mass is 341 g/mol. The minimum absolute atomic E-state index is 0.172. The zero-order valence-electron chi connectivity index (χ0n) is 13.9. The van der Waals surface area contributed by atoms with E-state index in [1.807, 2.05) is 18.2 Å². The van der Waals surface area contributed by atoms with Crippen LogP contribution < -0.4 is 5.32 Å². The molecule has 0 radical (unpaired) electrons. The summed E-state index contributed by atoms with van der Waals surface area (Å²) in [5.41, 5.74) is 2.83. The van der Waals surface area contributed by atoms with Gasteiger partial charge in [0.1, 0.15) is 19.2 Å². The Kier molecular flexibility index (Phi) is 5.39. The molecule has 0 fully saturated rings. The minimum atomic E-state index is -0.172. The third-order valence-electron chi connectivity index (χ3n) is 3.60. The minimum Gasteiger partial charge on any atom is -0.348 e. The smallest absolute Gasteiger partial charge is 0.251 e. The first-order valence-electron chi connectivity index (χ1n) is 7.93. The maximum Gasteiger partial charge on any atom is 0.251 e. The van der Waals surface area contributed by atoms with Crippen LogP contribution in [0.15, 0.2) is 61.2 Å². The number of rotatable bonds is 4. The lowest BCUT2D eigenvalue weighted by molar-refractivity contribution is 0.0951. The highest BCUT2D eigenvalue weighted by molar-refractivity contribution is 5.94. The number of nitriles is 1. The van der Waals surface area contributed by atoms with Crippen molar-refractivity contribution in [3.63, 3.8) is 0 Å². The largest absolute Gasteiger partial charge is 0.348 e. The fraction of sp³-hybridized carbons (Fsp3) is 0.100. The predicted octanol–water partition coefficient (Wildman–Crippen LogP) is 2.13. The summed E-state index contributed by atoms with van der Waals surface area (Å²) in [6, 6.07) is 16.3. The van der Waals surface area contributed by atoms with Gasteiger partial charge in [0.05, 0.1) is 11.6 Å². The standard InChI is InChI=1S/C20H15N5O/c21-12-17-6-8-18(9-7-17)13-23-20(26)19-5-1-3-16(11-19)4-2-10-25-15-22-14-24-25/h1,3,5-9,11,14-15H,10,13H2,(H,23,26). The molecule has 0 aliphatic carbocycles. The predicted molar refractivity (Wildman–Crippen MR) is 95.7 cm³/mol. The van der Waals surface area contributed by atoms with Crippen LogP contribution >= 0.6 is 0 Å². The van der Waals surface area contributed by atoms with Crippen molar-refractivity contribution in [3.05, 3.63) is 83.4 Å². The first kappa shape index (κ1) is 16.9. The maximum absolute atomic E-state index is 12.3. The van der Waals surface area contributed by atoms with Crippen LogP contribution in [0.2, 0.25) is 0 Å². The molecular formula is C20H15N5O. The van der Waals surface area contributed by atoms with Gasteiger partial charge in [-0.05, 0) is 35.9 Å². The maximum atomic E-state index is 12.3. The first-order valence-corrected chi connectivity index (χ1v) is 7.93. The van der Waals surface area contributed by atoms with E-state index in [9.17, 15) is 4.79 Å². The fourth-order valence-electron chi connectivity index (χ4n) is 2.26. The van der Waals surface area contributed by atoms with Crippen molar-refractivity contribution < 1.29 is 4.79 Å². The molecule has 0 spiro atoms. The van der Waals surface area contributed by atoms with Gasteiger partial charge in [0.25, 0.3) is 5.91 Å². The molecule has 6 heteroatoms. The van der Waals surface area contributed by atoms with Gasteiger partial charge in [-0.2, -0.15) is 10.4 Å². The van der Waals surface area contributed by atoms with Gasteiger partial charge in [0.2, 0.25) is 0 Å². The lowest BCUT2D eigenvalue weighted by atomic mass is 10.1. The molecule has 0 saturated carbocycles. The summed E-state index contributed by atoms with van der Waals surface area (Å²) < 4.78 is 1.63. The number of nitrogens with one attached hydrogen (secondary N) is 1. The van der Waals surface area contributed by atoms with E-state index in [0.29, 0.717) is 24.2 Å². The van der Waals surface area contributed by atoms with Crippen molar-refractivity contribution in [2.45, 2.75) is 13.1 Å². The summed E-state index contributed by atoms with van der Waals surface area (Å²) in [5, 5.41) is 15.6. The highest BCUT2D eigenvalue weighted by Gasteiger charge is 2.05. The average molecular weight is 341 g/mol. The van der Waals surface area contributed by atoms with Crippen LogP contribution in [0.1, 0.15) is 27.0 Å². The Morgan fingerprint density at radius 1 is 1.15 bits per heavy atom. The quantitative estimate of drug-likeness (QED) is 0.737. The van der Waals surface area contributed by atoms with Crippen LogP contribution in [-0.2, 0) is 13.1 Å². The van der Waals surface area contributed by atoms with Crippen LogP contribution in [-0.4, -0.2) is 20.7 Å². The molecule has 1 aromatic heterocycles. The zero-order chi connectivity index (χ0) is 18.2. The second kappa shape index (κ2) is 8.27. The Morgan fingerprint density at radius 2 is 2.00 bits per heavy atom. The van der Waals surface area contributed by atoms with Crippen LogP contribution in [0.25, 0.3) is 0 Å². The highest BCUT2D eigenvalue weighted by atomic mass is 16.1. The number of amides is 1. The van der Waals surface area contributed by atoms with Gasteiger partial charge in [-0.1, -0.05) is 30.0 Å². The molecule has 1 amide bonds. The Morgan fingerprint density at radius 3 is 2.73 bits per heavy atom. The van der Waals surface area contributed by atoms with Crippen LogP contribution in [0.4, 0.5) is 0 Å². The van der Waals surface area contributed by atoms with E-state index in [1.165, 1.54) is 6.33 Å². The van der Waals surface area contributed by atoms with E-state index < -0.39 is 0 Å². The van der Waals surface area contributed by atoms with E-state index in [2.05, 4.69) is 33.3 Å². The number of carbonyl (C=O) groups excluding carboxylic acids is 1. The Labute approximate surface area is 151 Å². The van der Waals surface area contributed by atoms with Crippen molar-refractivity contribution in [2.75, 3.05) is 0 Å².